The van der Waals surface area contributed by atoms with E-state index in [4.69, 9.17) is 11.6 Å². The van der Waals surface area contributed by atoms with E-state index < -0.39 is 11.6 Å². The van der Waals surface area contributed by atoms with Crippen LogP contribution in [0.15, 0.2) is 24.3 Å². The maximum Gasteiger partial charge on any atom is 0.325 e. The van der Waals surface area contributed by atoms with Gasteiger partial charge in [-0.1, -0.05) is 49.4 Å². The molecule has 140 valence electrons. The molecular formula is C19H24ClN3O3. The number of amides is 4. The predicted molar refractivity (Wildman–Crippen MR) is 98.7 cm³/mol. The van der Waals surface area contributed by atoms with Crippen LogP contribution >= 0.6 is 11.6 Å². The van der Waals surface area contributed by atoms with E-state index in [0.29, 0.717) is 17.9 Å². The molecule has 26 heavy (non-hydrogen) atoms. The molecule has 1 saturated carbocycles. The minimum Gasteiger partial charge on any atom is -0.348 e. The van der Waals surface area contributed by atoms with Crippen LogP contribution in [-0.4, -0.2) is 34.8 Å². The van der Waals surface area contributed by atoms with Crippen LogP contribution in [0.3, 0.4) is 0 Å². The number of benzene rings is 1. The van der Waals surface area contributed by atoms with E-state index in [1.165, 1.54) is 0 Å². The smallest absolute Gasteiger partial charge is 0.325 e. The van der Waals surface area contributed by atoms with E-state index in [9.17, 15) is 14.4 Å². The summed E-state index contributed by atoms with van der Waals surface area (Å²) >= 11 is 5.87. The largest absolute Gasteiger partial charge is 0.348 e. The van der Waals surface area contributed by atoms with Crippen LogP contribution in [0.25, 0.3) is 0 Å². The first-order chi connectivity index (χ1) is 12.4. The minimum atomic E-state index is -0.810. The Hall–Kier alpha value is -2.08. The van der Waals surface area contributed by atoms with Crippen molar-refractivity contribution in [3.63, 3.8) is 0 Å². The molecule has 1 spiro atoms. The molecule has 1 aromatic carbocycles. The summed E-state index contributed by atoms with van der Waals surface area (Å²) in [7, 11) is 0. The highest BCUT2D eigenvalue weighted by atomic mass is 35.5. The van der Waals surface area contributed by atoms with Crippen LogP contribution in [0.4, 0.5) is 4.79 Å². The standard InChI is InChI=1S/C19H24ClN3O3/c1-13(14-6-8-15(20)9-7-14)21-16(24)12-23-17(25)19(22-18(23)26)10-4-2-3-5-11-19/h6-9,13H,2-5,10-12H2,1H3,(H,21,24)(H,22,26)/t13-/m1/s1. The lowest BCUT2D eigenvalue weighted by atomic mass is 9.90. The van der Waals surface area contributed by atoms with Gasteiger partial charge in [-0.15, -0.1) is 0 Å². The van der Waals surface area contributed by atoms with Gasteiger partial charge in [0.15, 0.2) is 0 Å². The fourth-order valence-electron chi connectivity index (χ4n) is 3.76. The number of hydrogen-bond acceptors (Lipinski definition) is 3. The first-order valence-electron chi connectivity index (χ1n) is 9.10. The Morgan fingerprint density at radius 2 is 1.81 bits per heavy atom. The summed E-state index contributed by atoms with van der Waals surface area (Å²) in [5.41, 5.74) is 0.0931. The van der Waals surface area contributed by atoms with Crippen molar-refractivity contribution in [1.82, 2.24) is 15.5 Å². The third-order valence-electron chi connectivity index (χ3n) is 5.25. The summed E-state index contributed by atoms with van der Waals surface area (Å²) < 4.78 is 0. The van der Waals surface area contributed by atoms with Gasteiger partial charge in [0, 0.05) is 5.02 Å². The molecule has 1 atom stereocenters. The lowest BCUT2D eigenvalue weighted by Crippen LogP contribution is -2.47. The van der Waals surface area contributed by atoms with E-state index in [0.717, 1.165) is 36.1 Å². The van der Waals surface area contributed by atoms with Gasteiger partial charge in [0.25, 0.3) is 5.91 Å². The van der Waals surface area contributed by atoms with Gasteiger partial charge in [0.2, 0.25) is 5.91 Å². The number of urea groups is 1. The van der Waals surface area contributed by atoms with E-state index in [2.05, 4.69) is 10.6 Å². The number of halogens is 1. The van der Waals surface area contributed by atoms with Gasteiger partial charge in [-0.3, -0.25) is 14.5 Å². The van der Waals surface area contributed by atoms with Gasteiger partial charge < -0.3 is 10.6 Å². The van der Waals surface area contributed by atoms with Crippen LogP contribution in [0.2, 0.25) is 5.02 Å². The highest BCUT2D eigenvalue weighted by Crippen LogP contribution is 2.32. The summed E-state index contributed by atoms with van der Waals surface area (Å²) in [6.45, 7) is 1.59. The monoisotopic (exact) mass is 377 g/mol. The zero-order valence-electron chi connectivity index (χ0n) is 14.9. The Labute approximate surface area is 158 Å². The van der Waals surface area contributed by atoms with Gasteiger partial charge >= 0.3 is 6.03 Å². The lowest BCUT2D eigenvalue weighted by Gasteiger charge is -2.24. The zero-order valence-corrected chi connectivity index (χ0v) is 15.6. The van der Waals surface area contributed by atoms with Crippen molar-refractivity contribution >= 4 is 29.4 Å². The van der Waals surface area contributed by atoms with Crippen LogP contribution in [0.5, 0.6) is 0 Å². The third kappa shape index (κ3) is 3.85. The Balaban J connectivity index is 1.62. The fraction of sp³-hybridized carbons (Fsp3) is 0.526. The first-order valence-corrected chi connectivity index (χ1v) is 9.48. The molecule has 2 aliphatic rings. The second-order valence-corrected chi connectivity index (χ2v) is 7.59. The summed E-state index contributed by atoms with van der Waals surface area (Å²) in [5.74, 6) is -0.625. The second-order valence-electron chi connectivity index (χ2n) is 7.16. The molecule has 4 amide bonds. The van der Waals surface area contributed by atoms with Crippen molar-refractivity contribution in [2.45, 2.75) is 57.0 Å². The van der Waals surface area contributed by atoms with Gasteiger partial charge in [-0.05, 0) is 37.5 Å². The Morgan fingerprint density at radius 1 is 1.19 bits per heavy atom. The highest BCUT2D eigenvalue weighted by Gasteiger charge is 2.51. The molecule has 1 saturated heterocycles. The lowest BCUT2D eigenvalue weighted by molar-refractivity contribution is -0.135. The number of imide groups is 1. The molecule has 1 aliphatic carbocycles. The van der Waals surface area contributed by atoms with E-state index in [1.807, 2.05) is 19.1 Å². The van der Waals surface area contributed by atoms with E-state index in [-0.39, 0.29) is 24.4 Å². The van der Waals surface area contributed by atoms with Crippen molar-refractivity contribution in [3.05, 3.63) is 34.9 Å². The van der Waals surface area contributed by atoms with Crippen molar-refractivity contribution in [1.29, 1.82) is 0 Å². The molecule has 2 N–H and O–H groups in total. The quantitative estimate of drug-likeness (QED) is 0.791. The first kappa shape index (κ1) is 18.7. The molecule has 0 radical (unpaired) electrons. The predicted octanol–water partition coefficient (Wildman–Crippen LogP) is 3.16. The topological polar surface area (TPSA) is 78.5 Å². The molecule has 2 fully saturated rings. The molecule has 0 bridgehead atoms. The van der Waals surface area contributed by atoms with Crippen LogP contribution < -0.4 is 10.6 Å². The maximum absolute atomic E-state index is 12.8. The number of nitrogens with one attached hydrogen (secondary N) is 2. The third-order valence-corrected chi connectivity index (χ3v) is 5.50. The molecular weight excluding hydrogens is 354 g/mol. The summed E-state index contributed by atoms with van der Waals surface area (Å²) in [4.78, 5) is 38.5. The summed E-state index contributed by atoms with van der Waals surface area (Å²) in [6, 6.07) is 6.47. The van der Waals surface area contributed by atoms with Crippen molar-refractivity contribution < 1.29 is 14.4 Å². The van der Waals surface area contributed by atoms with E-state index in [1.54, 1.807) is 12.1 Å². The van der Waals surface area contributed by atoms with E-state index >= 15 is 0 Å². The summed E-state index contributed by atoms with van der Waals surface area (Å²) in [5, 5.41) is 6.31. The van der Waals surface area contributed by atoms with Gasteiger partial charge in [-0.25, -0.2) is 4.79 Å². The van der Waals surface area contributed by atoms with Gasteiger partial charge in [0.1, 0.15) is 12.1 Å². The number of nitrogens with zero attached hydrogens (tertiary/aromatic N) is 1. The van der Waals surface area contributed by atoms with Crippen LogP contribution in [0.1, 0.15) is 57.1 Å². The van der Waals surface area contributed by atoms with Crippen molar-refractivity contribution in [2.75, 3.05) is 6.54 Å². The Kier molecular flexibility index (Phi) is 5.51. The van der Waals surface area contributed by atoms with Crippen LogP contribution in [-0.2, 0) is 9.59 Å². The van der Waals surface area contributed by atoms with Gasteiger partial charge in [0.05, 0.1) is 6.04 Å². The summed E-state index contributed by atoms with van der Waals surface area (Å²) in [6.07, 6.45) is 5.28. The number of hydrogen-bond donors (Lipinski definition) is 2. The molecule has 3 rings (SSSR count). The Bertz CT molecular complexity index is 696. The maximum atomic E-state index is 12.8. The number of carbonyl (C=O) groups is 3. The SMILES string of the molecule is C[C@@H](NC(=O)CN1C(=O)NC2(CCCCCC2)C1=O)c1ccc(Cl)cc1. The molecule has 1 aliphatic heterocycles. The molecule has 1 aromatic rings. The van der Waals surface area contributed by atoms with Crippen molar-refractivity contribution in [2.24, 2.45) is 0 Å². The molecule has 1 heterocycles. The molecule has 6 nitrogen and oxygen atoms in total. The number of rotatable bonds is 4. The second kappa shape index (κ2) is 7.66. The van der Waals surface area contributed by atoms with Crippen molar-refractivity contribution in [3.8, 4) is 0 Å². The Morgan fingerprint density at radius 3 is 2.42 bits per heavy atom. The normalized spacial score (nSPS) is 20.6. The molecule has 0 unspecified atom stereocenters. The van der Waals surface area contributed by atoms with Gasteiger partial charge in [-0.2, -0.15) is 0 Å². The van der Waals surface area contributed by atoms with Crippen LogP contribution in [0, 0.1) is 0 Å². The molecule has 7 heteroatoms. The fourth-order valence-corrected chi connectivity index (χ4v) is 3.88. The minimum absolute atomic E-state index is 0.243. The average Bonchev–Trinajstić information content (AvgIpc) is 2.77. The zero-order chi connectivity index (χ0) is 18.7. The average molecular weight is 378 g/mol. The number of carbonyl (C=O) groups excluding carboxylic acids is 3. The highest BCUT2D eigenvalue weighted by molar-refractivity contribution is 6.30. The molecule has 0 aromatic heterocycles.